The second-order valence-electron chi connectivity index (χ2n) is 9.89. The zero-order valence-corrected chi connectivity index (χ0v) is 17.9. The van der Waals surface area contributed by atoms with Crippen LogP contribution in [0.25, 0.3) is 0 Å². The molecule has 5 heteroatoms. The first-order valence-corrected chi connectivity index (χ1v) is 11.8. The summed E-state index contributed by atoms with van der Waals surface area (Å²) in [4.78, 5) is 7.36. The van der Waals surface area contributed by atoms with Crippen molar-refractivity contribution in [1.29, 1.82) is 0 Å². The number of anilines is 2. The molecule has 1 aromatic rings. The second kappa shape index (κ2) is 8.07. The van der Waals surface area contributed by atoms with Crippen LogP contribution >= 0.6 is 0 Å². The van der Waals surface area contributed by atoms with E-state index in [1.54, 1.807) is 6.07 Å². The lowest BCUT2D eigenvalue weighted by atomic mass is 9.74. The molecule has 4 nitrogen and oxygen atoms in total. The number of hydrogen-bond donors (Lipinski definition) is 0. The van der Waals surface area contributed by atoms with Gasteiger partial charge in [0.25, 0.3) is 0 Å². The molecule has 1 spiro atoms. The summed E-state index contributed by atoms with van der Waals surface area (Å²) in [7, 11) is 0. The Morgan fingerprint density at radius 2 is 1.86 bits per heavy atom. The van der Waals surface area contributed by atoms with Gasteiger partial charge in [-0.1, -0.05) is 0 Å². The summed E-state index contributed by atoms with van der Waals surface area (Å²) in [6.45, 7) is 9.34. The van der Waals surface area contributed by atoms with Crippen molar-refractivity contribution in [1.82, 2.24) is 4.90 Å². The largest absolute Gasteiger partial charge is 0.381 e. The van der Waals surface area contributed by atoms with Crippen molar-refractivity contribution in [2.24, 2.45) is 5.41 Å². The SMILES string of the molecule is C[C@H]1CCCN1[C@@H]1CCN(c2ccc(N3CCCC4(CCOCC4)C3)c(F)c2)C1. The molecule has 0 amide bonds. The van der Waals surface area contributed by atoms with Crippen molar-refractivity contribution < 1.29 is 9.13 Å². The maximum Gasteiger partial charge on any atom is 0.148 e. The Balaban J connectivity index is 1.27. The Labute approximate surface area is 175 Å². The van der Waals surface area contributed by atoms with E-state index in [-0.39, 0.29) is 5.82 Å². The van der Waals surface area contributed by atoms with Crippen LogP contribution in [-0.4, -0.2) is 62.9 Å². The molecule has 2 atom stereocenters. The van der Waals surface area contributed by atoms with Gasteiger partial charge in [0.05, 0.1) is 5.69 Å². The summed E-state index contributed by atoms with van der Waals surface area (Å²) in [5, 5.41) is 0. The highest BCUT2D eigenvalue weighted by atomic mass is 19.1. The average molecular weight is 402 g/mol. The van der Waals surface area contributed by atoms with Crippen molar-refractivity contribution in [3.8, 4) is 0 Å². The summed E-state index contributed by atoms with van der Waals surface area (Å²) in [5.74, 6) is -0.0513. The van der Waals surface area contributed by atoms with Crippen LogP contribution in [0.4, 0.5) is 15.8 Å². The van der Waals surface area contributed by atoms with Crippen LogP contribution in [0.3, 0.4) is 0 Å². The van der Waals surface area contributed by atoms with Crippen LogP contribution in [0, 0.1) is 11.2 Å². The normalized spacial score (nSPS) is 30.4. The molecule has 0 saturated carbocycles. The second-order valence-corrected chi connectivity index (χ2v) is 9.89. The minimum Gasteiger partial charge on any atom is -0.381 e. The fourth-order valence-electron chi connectivity index (χ4n) is 6.32. The fraction of sp³-hybridized carbons (Fsp3) is 0.750. The minimum absolute atomic E-state index is 0.0513. The zero-order chi connectivity index (χ0) is 19.8. The van der Waals surface area contributed by atoms with E-state index in [2.05, 4.69) is 27.7 Å². The number of piperidine rings is 1. The Hall–Kier alpha value is -1.33. The molecule has 160 valence electrons. The van der Waals surface area contributed by atoms with Crippen molar-refractivity contribution >= 4 is 11.4 Å². The van der Waals surface area contributed by atoms with Gasteiger partial charge in [0, 0.05) is 57.2 Å². The Bertz CT molecular complexity index is 715. The van der Waals surface area contributed by atoms with Crippen LogP contribution in [0.1, 0.15) is 51.9 Å². The summed E-state index contributed by atoms with van der Waals surface area (Å²) >= 11 is 0. The minimum atomic E-state index is -0.0513. The van der Waals surface area contributed by atoms with Gasteiger partial charge in [-0.25, -0.2) is 4.39 Å². The maximum atomic E-state index is 15.2. The first-order valence-electron chi connectivity index (χ1n) is 11.8. The summed E-state index contributed by atoms with van der Waals surface area (Å²) < 4.78 is 20.8. The molecular formula is C24H36FN3O. The third kappa shape index (κ3) is 3.88. The molecule has 4 heterocycles. The molecule has 4 aliphatic heterocycles. The molecule has 0 radical (unpaired) electrons. The van der Waals surface area contributed by atoms with Crippen molar-refractivity contribution in [3.05, 3.63) is 24.0 Å². The van der Waals surface area contributed by atoms with Gasteiger partial charge in [-0.05, 0) is 82.0 Å². The Morgan fingerprint density at radius 1 is 1.00 bits per heavy atom. The number of nitrogens with zero attached hydrogens (tertiary/aromatic N) is 3. The number of ether oxygens (including phenoxy) is 1. The molecule has 0 N–H and O–H groups in total. The first kappa shape index (κ1) is 19.6. The molecule has 4 fully saturated rings. The van der Waals surface area contributed by atoms with E-state index in [0.29, 0.717) is 17.5 Å². The lowest BCUT2D eigenvalue weighted by molar-refractivity contribution is 0.00749. The lowest BCUT2D eigenvalue weighted by Crippen LogP contribution is -2.46. The number of benzene rings is 1. The van der Waals surface area contributed by atoms with E-state index in [9.17, 15) is 0 Å². The van der Waals surface area contributed by atoms with Gasteiger partial charge in [-0.15, -0.1) is 0 Å². The third-order valence-electron chi connectivity index (χ3n) is 8.09. The van der Waals surface area contributed by atoms with Crippen LogP contribution < -0.4 is 9.80 Å². The van der Waals surface area contributed by atoms with E-state index >= 15 is 4.39 Å². The number of rotatable bonds is 3. The maximum absolute atomic E-state index is 15.2. The number of likely N-dealkylation sites (tertiary alicyclic amines) is 1. The standard InChI is InChI=1S/C24H36FN3O/c1-19-4-2-12-28(19)21-7-13-26(17-21)20-5-6-23(22(25)16-20)27-11-3-8-24(18-27)9-14-29-15-10-24/h5-6,16,19,21H,2-4,7-15,17-18H2,1H3/t19-,21+/m0/s1. The predicted octanol–water partition coefficient (Wildman–Crippen LogP) is 4.29. The van der Waals surface area contributed by atoms with Crippen LogP contribution in [0.2, 0.25) is 0 Å². The fourth-order valence-corrected chi connectivity index (χ4v) is 6.32. The summed E-state index contributed by atoms with van der Waals surface area (Å²) in [6.07, 6.45) is 8.50. The van der Waals surface area contributed by atoms with Gasteiger partial charge in [0.15, 0.2) is 0 Å². The van der Waals surface area contributed by atoms with Gasteiger partial charge in [-0.2, -0.15) is 0 Å². The monoisotopic (exact) mass is 401 g/mol. The number of halogens is 1. The van der Waals surface area contributed by atoms with Crippen molar-refractivity contribution in [3.63, 3.8) is 0 Å². The van der Waals surface area contributed by atoms with E-state index in [4.69, 9.17) is 4.74 Å². The molecule has 1 aromatic carbocycles. The van der Waals surface area contributed by atoms with Gasteiger partial charge in [-0.3, -0.25) is 4.90 Å². The molecule has 0 aromatic heterocycles. The summed E-state index contributed by atoms with van der Waals surface area (Å²) in [5.41, 5.74) is 2.18. The van der Waals surface area contributed by atoms with Gasteiger partial charge >= 0.3 is 0 Å². The van der Waals surface area contributed by atoms with E-state index in [1.165, 1.54) is 32.2 Å². The third-order valence-corrected chi connectivity index (χ3v) is 8.09. The topological polar surface area (TPSA) is 19.0 Å². The van der Waals surface area contributed by atoms with Gasteiger partial charge < -0.3 is 14.5 Å². The molecule has 29 heavy (non-hydrogen) atoms. The van der Waals surface area contributed by atoms with Crippen LogP contribution in [0.5, 0.6) is 0 Å². The molecule has 0 aliphatic carbocycles. The van der Waals surface area contributed by atoms with Crippen molar-refractivity contribution in [2.45, 2.75) is 64.0 Å². The molecule has 4 saturated heterocycles. The molecule has 0 unspecified atom stereocenters. The smallest absolute Gasteiger partial charge is 0.148 e. The van der Waals surface area contributed by atoms with Gasteiger partial charge in [0.2, 0.25) is 0 Å². The Kier molecular flexibility index (Phi) is 5.46. The Morgan fingerprint density at radius 3 is 2.62 bits per heavy atom. The zero-order valence-electron chi connectivity index (χ0n) is 17.9. The molecule has 0 bridgehead atoms. The van der Waals surface area contributed by atoms with Crippen molar-refractivity contribution in [2.75, 3.05) is 55.7 Å². The first-order chi connectivity index (χ1) is 14.1. The van der Waals surface area contributed by atoms with Crippen LogP contribution in [0.15, 0.2) is 18.2 Å². The molecule has 5 rings (SSSR count). The highest BCUT2D eigenvalue weighted by Gasteiger charge is 2.38. The average Bonchev–Trinajstić information content (AvgIpc) is 3.37. The summed E-state index contributed by atoms with van der Waals surface area (Å²) in [6, 6.07) is 7.31. The highest BCUT2D eigenvalue weighted by molar-refractivity contribution is 5.58. The van der Waals surface area contributed by atoms with E-state index < -0.39 is 0 Å². The predicted molar refractivity (Wildman–Crippen MR) is 116 cm³/mol. The molecule has 4 aliphatic rings. The lowest BCUT2D eigenvalue weighted by Gasteiger charge is -2.46. The van der Waals surface area contributed by atoms with E-state index in [0.717, 1.165) is 70.0 Å². The quantitative estimate of drug-likeness (QED) is 0.752. The van der Waals surface area contributed by atoms with Gasteiger partial charge in [0.1, 0.15) is 5.82 Å². The van der Waals surface area contributed by atoms with E-state index in [1.807, 2.05) is 6.07 Å². The van der Waals surface area contributed by atoms with Crippen LogP contribution in [-0.2, 0) is 4.74 Å². The number of hydrogen-bond acceptors (Lipinski definition) is 4. The molecular weight excluding hydrogens is 365 g/mol. The highest BCUT2D eigenvalue weighted by Crippen LogP contribution is 2.41.